The zero-order chi connectivity index (χ0) is 6.53. The first-order chi connectivity index (χ1) is 4.43. The van der Waals surface area contributed by atoms with E-state index in [1.165, 1.54) is 0 Å². The molecule has 0 aromatic heterocycles. The van der Waals surface area contributed by atoms with Gasteiger partial charge in [-0.1, -0.05) is 12.7 Å². The van der Waals surface area contributed by atoms with Gasteiger partial charge in [0.05, 0.1) is 0 Å². The summed E-state index contributed by atoms with van der Waals surface area (Å²) in [4.78, 5) is 0. The fourth-order valence-electron chi connectivity index (χ4n) is 0.668. The Morgan fingerprint density at radius 2 is 1.73 bits per heavy atom. The molecule has 56 valence electrons. The second kappa shape index (κ2) is 8.06. The third kappa shape index (κ3) is 5.26. The first-order valence-corrected chi connectivity index (χ1v) is 2.84. The van der Waals surface area contributed by atoms with E-state index in [1.54, 1.807) is 13.7 Å². The molecule has 0 heterocycles. The van der Waals surface area contributed by atoms with Crippen molar-refractivity contribution in [1.82, 2.24) is 0 Å². The Bertz CT molecular complexity index is 167. The average Bonchev–Trinajstić information content (AvgIpc) is 1.91. The van der Waals surface area contributed by atoms with E-state index in [1.807, 2.05) is 30.3 Å². The van der Waals surface area contributed by atoms with Gasteiger partial charge in [-0.2, -0.15) is 17.7 Å². The molecular weight excluding hydrogens is 213 g/mol. The third-order valence-electron chi connectivity index (χ3n) is 1.05. The van der Waals surface area contributed by atoms with Gasteiger partial charge in [0.25, 0.3) is 0 Å². The van der Waals surface area contributed by atoms with Gasteiger partial charge in [0.1, 0.15) is 0 Å². The van der Waals surface area contributed by atoms with Gasteiger partial charge in [-0.3, -0.25) is 0 Å². The summed E-state index contributed by atoms with van der Waals surface area (Å²) in [5.41, 5.74) is 1.10. The summed E-state index contributed by atoms with van der Waals surface area (Å²) in [6, 6.07) is 9.91. The van der Waals surface area contributed by atoms with Crippen LogP contribution in [0, 0.1) is 6.61 Å². The first-order valence-electron chi connectivity index (χ1n) is 2.84. The van der Waals surface area contributed by atoms with E-state index in [0.717, 1.165) is 5.56 Å². The predicted molar refractivity (Wildman–Crippen MR) is 36.9 cm³/mol. The van der Waals surface area contributed by atoms with Crippen LogP contribution in [0.3, 0.4) is 0 Å². The largest absolute Gasteiger partial charge is 2.00 e. The minimum absolute atomic E-state index is 0. The number of hydrogen-bond acceptors (Lipinski definition) is 1. The first kappa shape index (κ1) is 13.5. The van der Waals surface area contributed by atoms with Crippen molar-refractivity contribution in [2.75, 3.05) is 7.11 Å². The number of rotatable bonds is 2. The summed E-state index contributed by atoms with van der Waals surface area (Å²) in [6.45, 7) is 1.71. The number of ether oxygens (including phenoxy) is 1. The summed E-state index contributed by atoms with van der Waals surface area (Å²) in [7, 11) is 1.65. The van der Waals surface area contributed by atoms with Gasteiger partial charge < -0.3 is 17.1 Å². The molecular formula is C8H9ClOZn. The van der Waals surface area contributed by atoms with Gasteiger partial charge in [0, 0.05) is 7.11 Å². The zero-order valence-corrected chi connectivity index (χ0v) is 10.2. The summed E-state index contributed by atoms with van der Waals surface area (Å²) in [5.74, 6) is 0. The summed E-state index contributed by atoms with van der Waals surface area (Å²) in [5, 5.41) is 0. The van der Waals surface area contributed by atoms with Crippen molar-refractivity contribution in [1.29, 1.82) is 0 Å². The normalized spacial score (nSPS) is 7.36. The fraction of sp³-hybridized carbons (Fsp3) is 0.125. The minimum Gasteiger partial charge on any atom is -1.00 e. The van der Waals surface area contributed by atoms with Gasteiger partial charge in [0.2, 0.25) is 0 Å². The quantitative estimate of drug-likeness (QED) is 0.453. The molecule has 0 spiro atoms. The summed E-state index contributed by atoms with van der Waals surface area (Å²) in [6.07, 6.45) is 0. The smallest absolute Gasteiger partial charge is 1.00 e. The number of benzene rings is 1. The second-order valence-electron chi connectivity index (χ2n) is 1.76. The third-order valence-corrected chi connectivity index (χ3v) is 1.05. The van der Waals surface area contributed by atoms with Crippen LogP contribution in [0.1, 0.15) is 5.56 Å². The fourth-order valence-corrected chi connectivity index (χ4v) is 0.668. The molecule has 0 aliphatic rings. The SMILES string of the molecule is CO[CH-]c1ccccc1.[Cl-].[Zn+2]. The topological polar surface area (TPSA) is 9.23 Å². The molecule has 0 bridgehead atoms. The standard InChI is InChI=1S/C8H9O.ClH.Zn/c1-9-7-8-5-3-2-4-6-8;;/h2-7H,1H3;1H;/q-1;;+2/p-1. The van der Waals surface area contributed by atoms with Crippen molar-refractivity contribution >= 4 is 0 Å². The Kier molecular flexibility index (Phi) is 9.93. The van der Waals surface area contributed by atoms with Gasteiger partial charge in [-0.05, 0) is 0 Å². The van der Waals surface area contributed by atoms with Gasteiger partial charge in [-0.15, -0.1) is 12.1 Å². The number of hydrogen-bond donors (Lipinski definition) is 0. The van der Waals surface area contributed by atoms with Crippen LogP contribution in [0.15, 0.2) is 30.3 Å². The van der Waals surface area contributed by atoms with Crippen molar-refractivity contribution in [2.45, 2.75) is 0 Å². The molecule has 0 saturated carbocycles. The number of halogens is 1. The van der Waals surface area contributed by atoms with Crippen LogP contribution in [-0.4, -0.2) is 7.11 Å². The molecule has 0 unspecified atom stereocenters. The molecule has 0 N–H and O–H groups in total. The van der Waals surface area contributed by atoms with E-state index in [4.69, 9.17) is 4.74 Å². The maximum absolute atomic E-state index is 4.80. The maximum atomic E-state index is 4.80. The van der Waals surface area contributed by atoms with E-state index in [2.05, 4.69) is 0 Å². The number of methoxy groups -OCH3 is 1. The van der Waals surface area contributed by atoms with Gasteiger partial charge in [-0.25, -0.2) is 0 Å². The van der Waals surface area contributed by atoms with E-state index < -0.39 is 0 Å². The maximum Gasteiger partial charge on any atom is 2.00 e. The van der Waals surface area contributed by atoms with E-state index in [9.17, 15) is 0 Å². The van der Waals surface area contributed by atoms with Crippen molar-refractivity contribution in [3.8, 4) is 0 Å². The molecule has 0 saturated heterocycles. The van der Waals surface area contributed by atoms with Crippen LogP contribution in [0.25, 0.3) is 0 Å². The van der Waals surface area contributed by atoms with Crippen LogP contribution in [0.5, 0.6) is 0 Å². The molecule has 1 aromatic carbocycles. The van der Waals surface area contributed by atoms with Crippen LogP contribution in [-0.2, 0) is 24.2 Å². The molecule has 0 aliphatic carbocycles. The molecule has 0 amide bonds. The second-order valence-corrected chi connectivity index (χ2v) is 1.76. The summed E-state index contributed by atoms with van der Waals surface area (Å²) < 4.78 is 4.80. The molecule has 1 nitrogen and oxygen atoms in total. The van der Waals surface area contributed by atoms with E-state index in [0.29, 0.717) is 0 Å². The van der Waals surface area contributed by atoms with Crippen molar-refractivity contribution < 1.29 is 36.6 Å². The van der Waals surface area contributed by atoms with Gasteiger partial charge in [0.15, 0.2) is 0 Å². The van der Waals surface area contributed by atoms with Crippen LogP contribution in [0.4, 0.5) is 0 Å². The Morgan fingerprint density at radius 1 is 1.18 bits per heavy atom. The van der Waals surface area contributed by atoms with Gasteiger partial charge >= 0.3 is 19.5 Å². The molecule has 3 heteroatoms. The molecule has 11 heavy (non-hydrogen) atoms. The molecule has 1 aromatic rings. The molecule has 0 aliphatic heterocycles. The van der Waals surface area contributed by atoms with Crippen molar-refractivity contribution in [3.05, 3.63) is 42.5 Å². The molecule has 0 radical (unpaired) electrons. The average molecular weight is 222 g/mol. The molecule has 0 fully saturated rings. The van der Waals surface area contributed by atoms with Crippen molar-refractivity contribution in [2.24, 2.45) is 0 Å². The van der Waals surface area contributed by atoms with Crippen molar-refractivity contribution in [3.63, 3.8) is 0 Å². The van der Waals surface area contributed by atoms with E-state index >= 15 is 0 Å². The Hall–Kier alpha value is -0.0366. The zero-order valence-electron chi connectivity index (χ0n) is 6.46. The minimum atomic E-state index is 0. The Balaban J connectivity index is 0. The molecule has 0 atom stereocenters. The predicted octanol–water partition coefficient (Wildman–Crippen LogP) is -1.16. The monoisotopic (exact) mass is 220 g/mol. The molecule has 1 rings (SSSR count). The Labute approximate surface area is 86.3 Å². The summed E-state index contributed by atoms with van der Waals surface area (Å²) >= 11 is 0. The van der Waals surface area contributed by atoms with Crippen LogP contribution in [0.2, 0.25) is 0 Å². The van der Waals surface area contributed by atoms with Crippen LogP contribution >= 0.6 is 0 Å². The van der Waals surface area contributed by atoms with E-state index in [-0.39, 0.29) is 31.9 Å². The Morgan fingerprint density at radius 3 is 2.18 bits per heavy atom. The van der Waals surface area contributed by atoms with Crippen LogP contribution < -0.4 is 12.4 Å².